The molecule has 1 amide bonds. The van der Waals surface area contributed by atoms with Crippen LogP contribution < -0.4 is 19.5 Å². The van der Waals surface area contributed by atoms with Gasteiger partial charge >= 0.3 is 5.97 Å². The summed E-state index contributed by atoms with van der Waals surface area (Å²) in [6, 6.07) is 10.7. The number of esters is 1. The number of hydrogen-bond acceptors (Lipinski definition) is 7. The van der Waals surface area contributed by atoms with E-state index in [0.29, 0.717) is 30.4 Å². The summed E-state index contributed by atoms with van der Waals surface area (Å²) in [5.41, 5.74) is 0.808. The highest BCUT2D eigenvalue weighted by Crippen LogP contribution is 2.32. The van der Waals surface area contributed by atoms with Crippen LogP contribution in [-0.2, 0) is 19.6 Å². The molecule has 3 rings (SSSR count). The van der Waals surface area contributed by atoms with Gasteiger partial charge in [0.25, 0.3) is 5.91 Å². The monoisotopic (exact) mass is 406 g/mol. The number of carbonyl (C=O) groups excluding carboxylic acids is 2. The number of ether oxygens (including phenoxy) is 3. The van der Waals surface area contributed by atoms with Crippen molar-refractivity contribution in [3.05, 3.63) is 48.0 Å². The molecule has 0 unspecified atom stereocenters. The molecule has 0 saturated carbocycles. The van der Waals surface area contributed by atoms with Gasteiger partial charge in [-0.2, -0.15) is 0 Å². The van der Waals surface area contributed by atoms with Crippen molar-refractivity contribution < 1.29 is 32.2 Å². The van der Waals surface area contributed by atoms with Crippen molar-refractivity contribution in [2.24, 2.45) is 0 Å². The molecular formula is C18H18N2O7S. The predicted octanol–water partition coefficient (Wildman–Crippen LogP) is 1.62. The summed E-state index contributed by atoms with van der Waals surface area (Å²) >= 11 is 0. The zero-order valence-corrected chi connectivity index (χ0v) is 15.7. The van der Waals surface area contributed by atoms with Crippen molar-refractivity contribution in [1.29, 1.82) is 0 Å². The third-order valence-electron chi connectivity index (χ3n) is 3.56. The molecule has 1 aliphatic heterocycles. The van der Waals surface area contributed by atoms with Crippen LogP contribution in [0.2, 0.25) is 0 Å². The van der Waals surface area contributed by atoms with Crippen LogP contribution >= 0.6 is 0 Å². The van der Waals surface area contributed by atoms with Crippen LogP contribution in [0.3, 0.4) is 0 Å². The van der Waals surface area contributed by atoms with E-state index in [1.807, 2.05) is 0 Å². The molecule has 1 aliphatic rings. The van der Waals surface area contributed by atoms with Crippen LogP contribution in [-0.4, -0.2) is 46.4 Å². The summed E-state index contributed by atoms with van der Waals surface area (Å²) in [4.78, 5) is 24.1. The lowest BCUT2D eigenvalue weighted by molar-refractivity contribution is -0.119. The molecule has 10 heteroatoms. The highest BCUT2D eigenvalue weighted by atomic mass is 32.2. The number of fused-ring (bicyclic) bond motifs is 1. The number of benzene rings is 2. The van der Waals surface area contributed by atoms with Crippen molar-refractivity contribution in [1.82, 2.24) is 0 Å². The lowest BCUT2D eigenvalue weighted by Crippen LogP contribution is -2.21. The van der Waals surface area contributed by atoms with E-state index in [1.54, 1.807) is 18.2 Å². The van der Waals surface area contributed by atoms with Gasteiger partial charge in [-0.15, -0.1) is 0 Å². The minimum atomic E-state index is -3.47. The second-order valence-electron chi connectivity index (χ2n) is 5.94. The second kappa shape index (κ2) is 8.17. The van der Waals surface area contributed by atoms with Crippen molar-refractivity contribution in [3.63, 3.8) is 0 Å². The number of nitrogens with one attached hydrogen (secondary N) is 2. The Labute approximate surface area is 161 Å². The maximum Gasteiger partial charge on any atom is 0.338 e. The first-order valence-corrected chi connectivity index (χ1v) is 10.1. The number of carbonyl (C=O) groups is 2. The Bertz CT molecular complexity index is 1000. The van der Waals surface area contributed by atoms with E-state index in [2.05, 4.69) is 10.0 Å². The molecule has 148 valence electrons. The summed E-state index contributed by atoms with van der Waals surface area (Å²) in [7, 11) is -3.47. The fourth-order valence-electron chi connectivity index (χ4n) is 2.46. The number of anilines is 2. The van der Waals surface area contributed by atoms with Crippen LogP contribution in [0.15, 0.2) is 42.5 Å². The van der Waals surface area contributed by atoms with E-state index in [9.17, 15) is 18.0 Å². The summed E-state index contributed by atoms with van der Waals surface area (Å²) in [5.74, 6) is -0.167. The maximum absolute atomic E-state index is 12.1. The minimum absolute atomic E-state index is 0.112. The van der Waals surface area contributed by atoms with Crippen LogP contribution in [0.5, 0.6) is 11.5 Å². The first-order chi connectivity index (χ1) is 13.3. The largest absolute Gasteiger partial charge is 0.486 e. The van der Waals surface area contributed by atoms with Crippen molar-refractivity contribution in [2.75, 3.05) is 36.1 Å². The van der Waals surface area contributed by atoms with E-state index in [4.69, 9.17) is 14.2 Å². The molecule has 2 aromatic rings. The van der Waals surface area contributed by atoms with Gasteiger partial charge in [-0.1, -0.05) is 6.07 Å². The van der Waals surface area contributed by atoms with Gasteiger partial charge in [0.15, 0.2) is 18.1 Å². The first-order valence-electron chi connectivity index (χ1n) is 8.25. The molecule has 0 bridgehead atoms. The summed E-state index contributed by atoms with van der Waals surface area (Å²) in [6.45, 7) is 0.391. The average Bonchev–Trinajstić information content (AvgIpc) is 2.65. The molecule has 0 fully saturated rings. The Morgan fingerprint density at radius 1 is 1.04 bits per heavy atom. The molecule has 0 spiro atoms. The lowest BCUT2D eigenvalue weighted by atomic mass is 10.2. The van der Waals surface area contributed by atoms with Gasteiger partial charge < -0.3 is 19.5 Å². The Hall–Kier alpha value is -3.27. The Morgan fingerprint density at radius 2 is 1.79 bits per heavy atom. The summed E-state index contributed by atoms with van der Waals surface area (Å²) in [6.07, 6.45) is 1.00. The molecule has 0 aliphatic carbocycles. The molecule has 0 radical (unpaired) electrons. The minimum Gasteiger partial charge on any atom is -0.486 e. The van der Waals surface area contributed by atoms with Gasteiger partial charge in [-0.3, -0.25) is 9.52 Å². The molecule has 0 aromatic heterocycles. The van der Waals surface area contributed by atoms with E-state index in [0.717, 1.165) is 6.26 Å². The molecule has 28 heavy (non-hydrogen) atoms. The fraction of sp³-hybridized carbons (Fsp3) is 0.222. The zero-order valence-electron chi connectivity index (χ0n) is 14.9. The van der Waals surface area contributed by atoms with Crippen LogP contribution in [0.1, 0.15) is 10.4 Å². The van der Waals surface area contributed by atoms with Crippen molar-refractivity contribution >= 4 is 33.3 Å². The number of hydrogen-bond donors (Lipinski definition) is 2. The number of amides is 1. The van der Waals surface area contributed by atoms with E-state index in [1.165, 1.54) is 24.3 Å². The van der Waals surface area contributed by atoms with Crippen LogP contribution in [0, 0.1) is 0 Å². The summed E-state index contributed by atoms with van der Waals surface area (Å²) in [5, 5.41) is 2.60. The predicted molar refractivity (Wildman–Crippen MR) is 101 cm³/mol. The van der Waals surface area contributed by atoms with Gasteiger partial charge in [0.1, 0.15) is 13.2 Å². The Kier molecular flexibility index (Phi) is 5.69. The molecule has 0 atom stereocenters. The van der Waals surface area contributed by atoms with Gasteiger partial charge in [-0.05, 0) is 30.3 Å². The van der Waals surface area contributed by atoms with Gasteiger partial charge in [0.05, 0.1) is 11.8 Å². The topological polar surface area (TPSA) is 120 Å². The van der Waals surface area contributed by atoms with Gasteiger partial charge in [0.2, 0.25) is 10.0 Å². The zero-order chi connectivity index (χ0) is 20.1. The van der Waals surface area contributed by atoms with Crippen LogP contribution in [0.4, 0.5) is 11.4 Å². The average molecular weight is 406 g/mol. The summed E-state index contributed by atoms with van der Waals surface area (Å²) < 4.78 is 40.6. The number of rotatable bonds is 6. The van der Waals surface area contributed by atoms with E-state index >= 15 is 0 Å². The fourth-order valence-corrected chi connectivity index (χ4v) is 3.01. The van der Waals surface area contributed by atoms with Crippen LogP contribution in [0.25, 0.3) is 0 Å². The quantitative estimate of drug-likeness (QED) is 0.700. The van der Waals surface area contributed by atoms with E-state index in [-0.39, 0.29) is 11.3 Å². The second-order valence-corrected chi connectivity index (χ2v) is 7.69. The molecule has 2 aromatic carbocycles. The third-order valence-corrected chi connectivity index (χ3v) is 4.17. The standard InChI is InChI=1S/C18H18N2O7S/c1-28(23,24)20-14-4-2-3-12(9-14)18(22)27-11-17(21)19-13-5-6-15-16(10-13)26-8-7-25-15/h2-6,9-10,20H,7-8,11H2,1H3,(H,19,21). The normalized spacial score (nSPS) is 12.8. The molecule has 0 saturated heterocycles. The third kappa shape index (κ3) is 5.36. The number of sulfonamides is 1. The Balaban J connectivity index is 1.56. The first kappa shape index (κ1) is 19.5. The lowest BCUT2D eigenvalue weighted by Gasteiger charge is -2.19. The highest BCUT2D eigenvalue weighted by molar-refractivity contribution is 7.92. The van der Waals surface area contributed by atoms with Crippen molar-refractivity contribution in [3.8, 4) is 11.5 Å². The molecule has 9 nitrogen and oxygen atoms in total. The molecule has 2 N–H and O–H groups in total. The smallest absolute Gasteiger partial charge is 0.338 e. The molecular weight excluding hydrogens is 388 g/mol. The van der Waals surface area contributed by atoms with Gasteiger partial charge in [0, 0.05) is 17.4 Å². The van der Waals surface area contributed by atoms with Gasteiger partial charge in [-0.25, -0.2) is 13.2 Å². The van der Waals surface area contributed by atoms with Crippen molar-refractivity contribution in [2.45, 2.75) is 0 Å². The maximum atomic E-state index is 12.1. The SMILES string of the molecule is CS(=O)(=O)Nc1cccc(C(=O)OCC(=O)Nc2ccc3c(c2)OCCO3)c1. The molecule has 1 heterocycles. The Morgan fingerprint density at radius 3 is 2.54 bits per heavy atom. The van der Waals surface area contributed by atoms with E-state index < -0.39 is 28.5 Å². The highest BCUT2D eigenvalue weighted by Gasteiger charge is 2.15.